The second kappa shape index (κ2) is 5.38. The third-order valence-corrected chi connectivity index (χ3v) is 2.44. The van der Waals surface area contributed by atoms with Crippen LogP contribution in [0.2, 0.25) is 0 Å². The van der Waals surface area contributed by atoms with Crippen LogP contribution in [0, 0.1) is 5.92 Å². The maximum Gasteiger partial charge on any atom is 0.407 e. The molecule has 1 N–H and O–H groups in total. The SMILES string of the molecule is CC(C)(C)OC(=O)NC[C]1CCCCC1. The van der Waals surface area contributed by atoms with Gasteiger partial charge >= 0.3 is 6.09 Å². The molecule has 3 nitrogen and oxygen atoms in total. The molecule has 0 heterocycles. The molecule has 0 aromatic rings. The van der Waals surface area contributed by atoms with Gasteiger partial charge in [0.25, 0.3) is 0 Å². The van der Waals surface area contributed by atoms with Crippen LogP contribution in [-0.4, -0.2) is 18.2 Å². The first-order valence-corrected chi connectivity index (χ1v) is 5.78. The van der Waals surface area contributed by atoms with Gasteiger partial charge < -0.3 is 10.1 Å². The summed E-state index contributed by atoms with van der Waals surface area (Å²) in [7, 11) is 0. The number of rotatable bonds is 2. The van der Waals surface area contributed by atoms with Crippen molar-refractivity contribution in [1.29, 1.82) is 0 Å². The van der Waals surface area contributed by atoms with Crippen molar-refractivity contribution in [1.82, 2.24) is 5.32 Å². The fraction of sp³-hybridized carbons (Fsp3) is 0.833. The van der Waals surface area contributed by atoms with E-state index in [1.807, 2.05) is 20.8 Å². The summed E-state index contributed by atoms with van der Waals surface area (Å²) < 4.78 is 5.17. The quantitative estimate of drug-likeness (QED) is 0.764. The van der Waals surface area contributed by atoms with Gasteiger partial charge in [-0.3, -0.25) is 0 Å². The number of carbonyl (C=O) groups excluding carboxylic acids is 1. The Balaban J connectivity index is 2.15. The smallest absolute Gasteiger partial charge is 0.407 e. The minimum Gasteiger partial charge on any atom is -0.444 e. The highest BCUT2D eigenvalue weighted by Gasteiger charge is 2.18. The number of hydrogen-bond acceptors (Lipinski definition) is 2. The average molecular weight is 212 g/mol. The van der Waals surface area contributed by atoms with Gasteiger partial charge in [0.15, 0.2) is 0 Å². The van der Waals surface area contributed by atoms with Crippen LogP contribution in [0.1, 0.15) is 52.9 Å². The summed E-state index contributed by atoms with van der Waals surface area (Å²) in [6.07, 6.45) is 5.89. The lowest BCUT2D eigenvalue weighted by atomic mass is 9.89. The normalized spacial score (nSPS) is 18.6. The molecule has 0 spiro atoms. The largest absolute Gasteiger partial charge is 0.444 e. The second-order valence-corrected chi connectivity index (χ2v) is 5.17. The maximum absolute atomic E-state index is 11.4. The van der Waals surface area contributed by atoms with Crippen LogP contribution in [0.5, 0.6) is 0 Å². The Hall–Kier alpha value is -0.730. The molecule has 87 valence electrons. The van der Waals surface area contributed by atoms with E-state index in [4.69, 9.17) is 4.74 Å². The molecule has 1 fully saturated rings. The summed E-state index contributed by atoms with van der Waals surface area (Å²) in [5.41, 5.74) is -0.401. The third kappa shape index (κ3) is 5.65. The number of alkyl carbamates (subject to hydrolysis) is 1. The Morgan fingerprint density at radius 3 is 2.40 bits per heavy atom. The minimum atomic E-state index is -0.401. The monoisotopic (exact) mass is 212 g/mol. The van der Waals surface area contributed by atoms with Crippen LogP contribution in [-0.2, 0) is 4.74 Å². The van der Waals surface area contributed by atoms with E-state index in [9.17, 15) is 4.79 Å². The predicted molar refractivity (Wildman–Crippen MR) is 60.6 cm³/mol. The van der Waals surface area contributed by atoms with Gasteiger partial charge in [-0.15, -0.1) is 0 Å². The Bertz CT molecular complexity index is 202. The zero-order chi connectivity index (χ0) is 11.3. The third-order valence-electron chi connectivity index (χ3n) is 2.44. The van der Waals surface area contributed by atoms with Crippen molar-refractivity contribution in [3.63, 3.8) is 0 Å². The minimum absolute atomic E-state index is 0.305. The van der Waals surface area contributed by atoms with Crippen molar-refractivity contribution in [2.45, 2.75) is 58.5 Å². The summed E-state index contributed by atoms with van der Waals surface area (Å²) in [6, 6.07) is 0. The molecular formula is C12H22NO2. The molecule has 3 heteroatoms. The van der Waals surface area contributed by atoms with E-state index in [2.05, 4.69) is 5.32 Å². The molecule has 1 amide bonds. The summed E-state index contributed by atoms with van der Waals surface area (Å²) >= 11 is 0. The van der Waals surface area contributed by atoms with Gasteiger partial charge in [0, 0.05) is 6.54 Å². The molecule has 1 saturated carbocycles. The maximum atomic E-state index is 11.4. The molecule has 1 aliphatic carbocycles. The van der Waals surface area contributed by atoms with E-state index in [0.29, 0.717) is 6.54 Å². The Morgan fingerprint density at radius 2 is 1.87 bits per heavy atom. The topological polar surface area (TPSA) is 38.3 Å². The zero-order valence-electron chi connectivity index (χ0n) is 10.1. The van der Waals surface area contributed by atoms with Crippen molar-refractivity contribution in [2.24, 2.45) is 0 Å². The van der Waals surface area contributed by atoms with E-state index < -0.39 is 5.60 Å². The first kappa shape index (κ1) is 12.3. The van der Waals surface area contributed by atoms with E-state index >= 15 is 0 Å². The molecule has 1 aliphatic rings. The van der Waals surface area contributed by atoms with Crippen molar-refractivity contribution >= 4 is 6.09 Å². The molecule has 0 aliphatic heterocycles. The lowest BCUT2D eigenvalue weighted by molar-refractivity contribution is 0.0528. The van der Waals surface area contributed by atoms with E-state index in [1.165, 1.54) is 25.2 Å². The van der Waals surface area contributed by atoms with Crippen LogP contribution >= 0.6 is 0 Å². The van der Waals surface area contributed by atoms with Crippen molar-refractivity contribution in [2.75, 3.05) is 6.54 Å². The Labute approximate surface area is 92.6 Å². The number of ether oxygens (including phenoxy) is 1. The highest BCUT2D eigenvalue weighted by Crippen LogP contribution is 2.24. The molecule has 0 saturated heterocycles. The van der Waals surface area contributed by atoms with Gasteiger partial charge in [0.2, 0.25) is 0 Å². The molecule has 1 rings (SSSR count). The highest BCUT2D eigenvalue weighted by atomic mass is 16.6. The molecule has 0 unspecified atom stereocenters. The second-order valence-electron chi connectivity index (χ2n) is 5.17. The average Bonchev–Trinajstić information content (AvgIpc) is 2.14. The van der Waals surface area contributed by atoms with Gasteiger partial charge in [0.05, 0.1) is 0 Å². The van der Waals surface area contributed by atoms with Crippen LogP contribution in [0.25, 0.3) is 0 Å². The molecule has 0 atom stereocenters. The van der Waals surface area contributed by atoms with Gasteiger partial charge in [-0.2, -0.15) is 0 Å². The molecule has 0 bridgehead atoms. The number of amides is 1. The number of hydrogen-bond donors (Lipinski definition) is 1. The summed E-state index contributed by atoms with van der Waals surface area (Å²) in [6.45, 7) is 6.32. The summed E-state index contributed by atoms with van der Waals surface area (Å²) in [5.74, 6) is 1.45. The first-order valence-electron chi connectivity index (χ1n) is 5.78. The molecular weight excluding hydrogens is 190 g/mol. The van der Waals surface area contributed by atoms with Crippen LogP contribution in [0.15, 0.2) is 0 Å². The standard InChI is InChI=1S/C12H22NO2/c1-12(2,3)15-11(14)13-9-10-7-5-4-6-8-10/h4-9H2,1-3H3,(H,13,14). The fourth-order valence-electron chi connectivity index (χ4n) is 1.74. The van der Waals surface area contributed by atoms with E-state index in [-0.39, 0.29) is 6.09 Å². The highest BCUT2D eigenvalue weighted by molar-refractivity contribution is 5.67. The van der Waals surface area contributed by atoms with E-state index in [0.717, 1.165) is 12.8 Å². The van der Waals surface area contributed by atoms with Crippen molar-refractivity contribution in [3.05, 3.63) is 5.92 Å². The lowest BCUT2D eigenvalue weighted by Crippen LogP contribution is -2.35. The van der Waals surface area contributed by atoms with Crippen molar-refractivity contribution in [3.8, 4) is 0 Å². The van der Waals surface area contributed by atoms with Gasteiger partial charge in [0.1, 0.15) is 5.60 Å². The van der Waals surface area contributed by atoms with Crippen LogP contribution < -0.4 is 5.32 Å². The zero-order valence-corrected chi connectivity index (χ0v) is 10.1. The number of carbonyl (C=O) groups is 1. The molecule has 1 radical (unpaired) electrons. The van der Waals surface area contributed by atoms with E-state index in [1.54, 1.807) is 0 Å². The van der Waals surface area contributed by atoms with Crippen molar-refractivity contribution < 1.29 is 9.53 Å². The lowest BCUT2D eigenvalue weighted by Gasteiger charge is -2.23. The van der Waals surface area contributed by atoms with Crippen LogP contribution in [0.3, 0.4) is 0 Å². The fourth-order valence-corrected chi connectivity index (χ4v) is 1.74. The molecule has 0 aromatic heterocycles. The Kier molecular flexibility index (Phi) is 4.43. The Morgan fingerprint density at radius 1 is 1.27 bits per heavy atom. The molecule has 15 heavy (non-hydrogen) atoms. The van der Waals surface area contributed by atoms with Gasteiger partial charge in [-0.25, -0.2) is 4.79 Å². The van der Waals surface area contributed by atoms with Gasteiger partial charge in [-0.05, 0) is 39.5 Å². The van der Waals surface area contributed by atoms with Crippen LogP contribution in [0.4, 0.5) is 4.79 Å². The summed E-state index contributed by atoms with van der Waals surface area (Å²) in [5, 5.41) is 2.81. The summed E-state index contributed by atoms with van der Waals surface area (Å²) in [4.78, 5) is 11.4. The molecule has 0 aromatic carbocycles. The predicted octanol–water partition coefficient (Wildman–Crippen LogP) is 3.05. The number of nitrogens with one attached hydrogen (secondary N) is 1. The first-order chi connectivity index (χ1) is 6.97. The van der Waals surface area contributed by atoms with Gasteiger partial charge in [-0.1, -0.05) is 19.3 Å².